The molecule has 0 N–H and O–H groups in total. The molecule has 0 aliphatic carbocycles. The van der Waals surface area contributed by atoms with E-state index in [0.29, 0.717) is 42.0 Å². The Bertz CT molecular complexity index is 1150. The highest BCUT2D eigenvalue weighted by atomic mass is 32.2. The SMILES string of the molecule is COc1cc2c(cc1OC)[C@@H]1Cc3ccc(OC)c(OS(=O)(=O)C(F)(F)F)c3CN1CC2. The third-order valence-electron chi connectivity index (χ3n) is 5.91. The number of benzene rings is 2. The summed E-state index contributed by atoms with van der Waals surface area (Å²) in [5.41, 5.74) is -2.32. The zero-order valence-electron chi connectivity index (χ0n) is 17.7. The lowest BCUT2D eigenvalue weighted by Gasteiger charge is -2.42. The van der Waals surface area contributed by atoms with Crippen LogP contribution >= 0.6 is 0 Å². The number of ether oxygens (including phenoxy) is 3. The maximum Gasteiger partial charge on any atom is 0.534 e. The number of rotatable bonds is 5. The largest absolute Gasteiger partial charge is 0.534 e. The monoisotopic (exact) mass is 473 g/mol. The summed E-state index contributed by atoms with van der Waals surface area (Å²) in [4.78, 5) is 2.09. The van der Waals surface area contributed by atoms with E-state index >= 15 is 0 Å². The number of halogens is 3. The fourth-order valence-electron chi connectivity index (χ4n) is 4.34. The Morgan fingerprint density at radius 2 is 1.62 bits per heavy atom. The highest BCUT2D eigenvalue weighted by molar-refractivity contribution is 7.88. The van der Waals surface area contributed by atoms with Crippen molar-refractivity contribution in [2.24, 2.45) is 0 Å². The molecule has 4 rings (SSSR count). The van der Waals surface area contributed by atoms with Gasteiger partial charge in [0.1, 0.15) is 0 Å². The van der Waals surface area contributed by atoms with Gasteiger partial charge in [-0.2, -0.15) is 21.6 Å². The van der Waals surface area contributed by atoms with Gasteiger partial charge in [0.15, 0.2) is 23.0 Å². The van der Waals surface area contributed by atoms with Crippen LogP contribution in [0.3, 0.4) is 0 Å². The van der Waals surface area contributed by atoms with Gasteiger partial charge in [-0.05, 0) is 47.7 Å². The minimum atomic E-state index is -5.84. The van der Waals surface area contributed by atoms with Crippen molar-refractivity contribution in [3.8, 4) is 23.0 Å². The summed E-state index contributed by atoms with van der Waals surface area (Å²) < 4.78 is 82.8. The number of fused-ring (bicyclic) bond motifs is 4. The van der Waals surface area contributed by atoms with E-state index in [4.69, 9.17) is 14.2 Å². The normalized spacial score (nSPS) is 18.2. The molecule has 0 bridgehead atoms. The summed E-state index contributed by atoms with van der Waals surface area (Å²) in [6, 6.07) is 6.97. The quantitative estimate of drug-likeness (QED) is 0.485. The van der Waals surface area contributed by atoms with E-state index in [1.165, 1.54) is 13.2 Å². The van der Waals surface area contributed by atoms with Crippen molar-refractivity contribution < 1.29 is 40.0 Å². The first-order valence-corrected chi connectivity index (χ1v) is 11.2. The highest BCUT2D eigenvalue weighted by Crippen LogP contribution is 2.46. The van der Waals surface area contributed by atoms with Gasteiger partial charge in [0.2, 0.25) is 0 Å². The highest BCUT2D eigenvalue weighted by Gasteiger charge is 2.49. The molecule has 0 aromatic heterocycles. The smallest absolute Gasteiger partial charge is 0.493 e. The van der Waals surface area contributed by atoms with Crippen LogP contribution < -0.4 is 18.4 Å². The molecular formula is C21H22F3NO6S. The molecule has 0 saturated carbocycles. The summed E-state index contributed by atoms with van der Waals surface area (Å²) in [5.74, 6) is 0.736. The number of hydrogen-bond acceptors (Lipinski definition) is 7. The van der Waals surface area contributed by atoms with Gasteiger partial charge in [-0.25, -0.2) is 0 Å². The Hall–Kier alpha value is -2.66. The van der Waals surface area contributed by atoms with Crippen LogP contribution in [0.5, 0.6) is 23.0 Å². The van der Waals surface area contributed by atoms with E-state index in [1.54, 1.807) is 20.3 Å². The molecule has 2 aromatic carbocycles. The zero-order chi connectivity index (χ0) is 23.3. The molecule has 174 valence electrons. The number of nitrogens with zero attached hydrogens (tertiary/aromatic N) is 1. The van der Waals surface area contributed by atoms with Gasteiger partial charge in [0.25, 0.3) is 0 Å². The van der Waals surface area contributed by atoms with E-state index in [0.717, 1.165) is 11.1 Å². The average molecular weight is 473 g/mol. The summed E-state index contributed by atoms with van der Waals surface area (Å²) in [6.07, 6.45) is 1.16. The topological polar surface area (TPSA) is 74.3 Å². The van der Waals surface area contributed by atoms with Crippen LogP contribution in [0.25, 0.3) is 0 Å². The molecule has 1 atom stereocenters. The molecular weight excluding hydrogens is 451 g/mol. The molecule has 0 radical (unpaired) electrons. The standard InChI is InChI=1S/C21H22F3NO6S/c1-28-17-5-4-12-8-16-14-10-19(30-3)18(29-2)9-13(14)6-7-25(16)11-15(12)20(17)31-32(26,27)21(22,23)24/h4-5,9-10,16H,6-8,11H2,1-3H3/t16-/m0/s1. The van der Waals surface area contributed by atoms with Crippen LogP contribution in [-0.2, 0) is 29.5 Å². The Labute approximate surface area is 183 Å². The Kier molecular flexibility index (Phi) is 5.66. The van der Waals surface area contributed by atoms with Crippen molar-refractivity contribution >= 4 is 10.1 Å². The van der Waals surface area contributed by atoms with Crippen molar-refractivity contribution in [2.75, 3.05) is 27.9 Å². The van der Waals surface area contributed by atoms with Crippen LogP contribution in [0.2, 0.25) is 0 Å². The lowest BCUT2D eigenvalue weighted by molar-refractivity contribution is -0.0501. The second kappa shape index (κ2) is 8.04. The van der Waals surface area contributed by atoms with Crippen molar-refractivity contribution in [1.29, 1.82) is 0 Å². The second-order valence-electron chi connectivity index (χ2n) is 7.56. The van der Waals surface area contributed by atoms with Crippen molar-refractivity contribution in [1.82, 2.24) is 4.90 Å². The number of alkyl halides is 3. The maximum absolute atomic E-state index is 13.0. The molecule has 0 saturated heterocycles. The molecule has 0 fully saturated rings. The van der Waals surface area contributed by atoms with Crippen molar-refractivity contribution in [3.63, 3.8) is 0 Å². The zero-order valence-corrected chi connectivity index (χ0v) is 18.5. The minimum absolute atomic E-state index is 0.0495. The molecule has 11 heteroatoms. The van der Waals surface area contributed by atoms with Crippen LogP contribution in [-0.4, -0.2) is 46.7 Å². The maximum atomic E-state index is 13.0. The Balaban J connectivity index is 1.76. The van der Waals surface area contributed by atoms with Gasteiger partial charge < -0.3 is 18.4 Å². The third kappa shape index (κ3) is 3.73. The predicted octanol–water partition coefficient (Wildman–Crippen LogP) is 3.60. The van der Waals surface area contributed by atoms with E-state index in [-0.39, 0.29) is 18.3 Å². The van der Waals surface area contributed by atoms with Crippen LogP contribution in [0.4, 0.5) is 13.2 Å². The van der Waals surface area contributed by atoms with Gasteiger partial charge in [-0.3, -0.25) is 4.90 Å². The van der Waals surface area contributed by atoms with Gasteiger partial charge in [0, 0.05) is 24.7 Å². The van der Waals surface area contributed by atoms with Gasteiger partial charge in [0.05, 0.1) is 21.3 Å². The fourth-order valence-corrected chi connectivity index (χ4v) is 4.84. The summed E-state index contributed by atoms with van der Waals surface area (Å²) >= 11 is 0. The molecule has 0 amide bonds. The molecule has 2 aliphatic heterocycles. The Morgan fingerprint density at radius 3 is 2.25 bits per heavy atom. The number of methoxy groups -OCH3 is 3. The molecule has 2 heterocycles. The van der Waals surface area contributed by atoms with Crippen molar-refractivity contribution in [2.45, 2.75) is 30.9 Å². The number of hydrogen-bond donors (Lipinski definition) is 0. The lowest BCUT2D eigenvalue weighted by atomic mass is 9.83. The van der Waals surface area contributed by atoms with E-state index in [9.17, 15) is 21.6 Å². The molecule has 0 unspecified atom stereocenters. The summed E-state index contributed by atoms with van der Waals surface area (Å²) in [5, 5.41) is 0. The van der Waals surface area contributed by atoms with E-state index < -0.39 is 21.4 Å². The first-order chi connectivity index (χ1) is 15.1. The lowest BCUT2D eigenvalue weighted by Crippen LogP contribution is -2.40. The van der Waals surface area contributed by atoms with E-state index in [2.05, 4.69) is 9.08 Å². The first kappa shape index (κ1) is 22.5. The van der Waals surface area contributed by atoms with Gasteiger partial charge >= 0.3 is 15.6 Å². The third-order valence-corrected chi connectivity index (χ3v) is 6.86. The van der Waals surface area contributed by atoms with Crippen LogP contribution in [0, 0.1) is 0 Å². The van der Waals surface area contributed by atoms with Crippen LogP contribution in [0.15, 0.2) is 24.3 Å². The van der Waals surface area contributed by atoms with Crippen molar-refractivity contribution in [3.05, 3.63) is 46.5 Å². The average Bonchev–Trinajstić information content (AvgIpc) is 2.76. The first-order valence-electron chi connectivity index (χ1n) is 9.78. The minimum Gasteiger partial charge on any atom is -0.493 e. The molecule has 32 heavy (non-hydrogen) atoms. The predicted molar refractivity (Wildman–Crippen MR) is 109 cm³/mol. The van der Waals surface area contributed by atoms with E-state index in [1.807, 2.05) is 12.1 Å². The molecule has 0 spiro atoms. The van der Waals surface area contributed by atoms with Gasteiger partial charge in [-0.15, -0.1) is 0 Å². The van der Waals surface area contributed by atoms with Gasteiger partial charge in [-0.1, -0.05) is 6.07 Å². The summed E-state index contributed by atoms with van der Waals surface area (Å²) in [6.45, 7) is 0.850. The van der Waals surface area contributed by atoms with Crippen LogP contribution in [0.1, 0.15) is 28.3 Å². The fraction of sp³-hybridized carbons (Fsp3) is 0.429. The molecule has 7 nitrogen and oxygen atoms in total. The molecule has 2 aliphatic rings. The molecule has 2 aromatic rings. The summed E-state index contributed by atoms with van der Waals surface area (Å²) in [7, 11) is -1.47. The second-order valence-corrected chi connectivity index (χ2v) is 9.10. The Morgan fingerprint density at radius 1 is 0.969 bits per heavy atom.